The number of benzene rings is 1. The predicted octanol–water partition coefficient (Wildman–Crippen LogP) is 1.49. The number of pyridine rings is 1. The van der Waals surface area contributed by atoms with Crippen LogP contribution in [0.2, 0.25) is 0 Å². The average molecular weight is 446 g/mol. The highest BCUT2D eigenvalue weighted by atomic mass is 19.1. The lowest BCUT2D eigenvalue weighted by Crippen LogP contribution is -2.49. The minimum absolute atomic E-state index is 0.0732. The molecule has 10 heteroatoms. The van der Waals surface area contributed by atoms with Crippen molar-refractivity contribution in [2.24, 2.45) is 0 Å². The third-order valence-electron chi connectivity index (χ3n) is 5.90. The molecule has 1 unspecified atom stereocenters. The van der Waals surface area contributed by atoms with Gasteiger partial charge in [0.05, 0.1) is 24.4 Å². The molecule has 1 atom stereocenters. The van der Waals surface area contributed by atoms with Crippen LogP contribution in [0.4, 0.5) is 10.1 Å². The standard InChI is InChI=1S/C22H27FN4O5/c1-12-10-26(8-7-24-12)19-16(23)9-14-18(21(19)32-2)27(13-3-4-13)11-15(20(14)30)22(31)25-6-5-17(28)29/h9,11-13,24H,3-8,10H2,1-2H3,(H,25,31)(H,28,29). The van der Waals surface area contributed by atoms with E-state index in [1.54, 1.807) is 0 Å². The van der Waals surface area contributed by atoms with E-state index in [2.05, 4.69) is 10.6 Å². The number of fused-ring (bicyclic) bond motifs is 1. The quantitative estimate of drug-likeness (QED) is 0.591. The molecule has 0 radical (unpaired) electrons. The molecule has 3 N–H and O–H groups in total. The lowest BCUT2D eigenvalue weighted by molar-refractivity contribution is -0.136. The summed E-state index contributed by atoms with van der Waals surface area (Å²) >= 11 is 0. The summed E-state index contributed by atoms with van der Waals surface area (Å²) in [5, 5.41) is 14.6. The number of hydrogen-bond donors (Lipinski definition) is 3. The number of rotatable bonds is 7. The zero-order valence-electron chi connectivity index (χ0n) is 18.1. The molecule has 2 fully saturated rings. The number of amides is 1. The van der Waals surface area contributed by atoms with Crippen molar-refractivity contribution in [1.82, 2.24) is 15.2 Å². The SMILES string of the molecule is COc1c(N2CCNC(C)C2)c(F)cc2c(=O)c(C(=O)NCCC(=O)O)cn(C3CC3)c12. The van der Waals surface area contributed by atoms with Gasteiger partial charge >= 0.3 is 5.97 Å². The number of anilines is 1. The summed E-state index contributed by atoms with van der Waals surface area (Å²) in [4.78, 5) is 38.4. The average Bonchev–Trinajstić information content (AvgIpc) is 3.58. The summed E-state index contributed by atoms with van der Waals surface area (Å²) < 4.78 is 22.9. The molecule has 2 aliphatic rings. The van der Waals surface area contributed by atoms with Gasteiger partial charge in [-0.1, -0.05) is 0 Å². The number of carbonyl (C=O) groups is 2. The molecule has 0 bridgehead atoms. The number of carbonyl (C=O) groups excluding carboxylic acids is 1. The van der Waals surface area contributed by atoms with Crippen LogP contribution in [0.1, 0.15) is 42.6 Å². The Morgan fingerprint density at radius 2 is 2.12 bits per heavy atom. The number of piperazine rings is 1. The highest BCUT2D eigenvalue weighted by molar-refractivity contribution is 6.00. The Labute approximate surface area is 184 Å². The van der Waals surface area contributed by atoms with Gasteiger partial charge in [-0.25, -0.2) is 4.39 Å². The molecule has 1 aliphatic heterocycles. The Kier molecular flexibility index (Phi) is 6.05. The molecule has 9 nitrogen and oxygen atoms in total. The van der Waals surface area contributed by atoms with Crippen molar-refractivity contribution >= 4 is 28.5 Å². The fourth-order valence-corrected chi connectivity index (χ4v) is 4.25. The van der Waals surface area contributed by atoms with Crippen molar-refractivity contribution in [2.75, 3.05) is 38.2 Å². The third kappa shape index (κ3) is 4.14. The molecule has 1 aliphatic carbocycles. The molecule has 2 heterocycles. The van der Waals surface area contributed by atoms with E-state index in [0.717, 1.165) is 12.8 Å². The Bertz CT molecular complexity index is 1130. The topological polar surface area (TPSA) is 113 Å². The molecule has 1 saturated carbocycles. The number of halogens is 1. The number of carboxylic acid groups (broad SMARTS) is 1. The van der Waals surface area contributed by atoms with E-state index in [-0.39, 0.29) is 41.7 Å². The molecular formula is C22H27FN4O5. The molecule has 4 rings (SSSR count). The molecular weight excluding hydrogens is 419 g/mol. The fraction of sp³-hybridized carbons (Fsp3) is 0.500. The van der Waals surface area contributed by atoms with E-state index in [9.17, 15) is 14.4 Å². The van der Waals surface area contributed by atoms with Crippen LogP contribution in [-0.4, -0.2) is 60.9 Å². The lowest BCUT2D eigenvalue weighted by atomic mass is 10.1. The monoisotopic (exact) mass is 446 g/mol. The van der Waals surface area contributed by atoms with Crippen LogP contribution in [0, 0.1) is 5.82 Å². The second-order valence-electron chi connectivity index (χ2n) is 8.35. The lowest BCUT2D eigenvalue weighted by Gasteiger charge is -2.35. The van der Waals surface area contributed by atoms with Gasteiger partial charge < -0.3 is 29.9 Å². The number of aliphatic carboxylic acids is 1. The Morgan fingerprint density at radius 3 is 2.75 bits per heavy atom. The highest BCUT2D eigenvalue weighted by Crippen LogP contribution is 2.43. The Balaban J connectivity index is 1.86. The number of nitrogens with zero attached hydrogens (tertiary/aromatic N) is 2. The number of ether oxygens (including phenoxy) is 1. The van der Waals surface area contributed by atoms with E-state index in [1.807, 2.05) is 16.4 Å². The van der Waals surface area contributed by atoms with Gasteiger partial charge in [0.1, 0.15) is 11.3 Å². The fourth-order valence-electron chi connectivity index (χ4n) is 4.25. The summed E-state index contributed by atoms with van der Waals surface area (Å²) in [5.74, 6) is -2.02. The van der Waals surface area contributed by atoms with Crippen molar-refractivity contribution in [3.8, 4) is 5.75 Å². The van der Waals surface area contributed by atoms with Crippen LogP contribution in [-0.2, 0) is 4.79 Å². The van der Waals surface area contributed by atoms with Crippen LogP contribution in [0.25, 0.3) is 10.9 Å². The zero-order chi connectivity index (χ0) is 23.0. The predicted molar refractivity (Wildman–Crippen MR) is 117 cm³/mol. The van der Waals surface area contributed by atoms with Gasteiger partial charge in [0.15, 0.2) is 11.6 Å². The minimum Gasteiger partial charge on any atom is -0.492 e. The Hall–Kier alpha value is -3.14. The van der Waals surface area contributed by atoms with Crippen LogP contribution in [0.5, 0.6) is 5.75 Å². The van der Waals surface area contributed by atoms with E-state index < -0.39 is 23.1 Å². The first-order valence-corrected chi connectivity index (χ1v) is 10.8. The third-order valence-corrected chi connectivity index (χ3v) is 5.90. The number of aromatic nitrogens is 1. The summed E-state index contributed by atoms with van der Waals surface area (Å²) in [5.41, 5.74) is 0.0485. The van der Waals surface area contributed by atoms with Gasteiger partial charge in [-0.15, -0.1) is 0 Å². The molecule has 1 aromatic heterocycles. The smallest absolute Gasteiger partial charge is 0.305 e. The van der Waals surface area contributed by atoms with E-state index in [4.69, 9.17) is 9.84 Å². The van der Waals surface area contributed by atoms with Crippen LogP contribution >= 0.6 is 0 Å². The molecule has 32 heavy (non-hydrogen) atoms. The second kappa shape index (κ2) is 8.78. The van der Waals surface area contributed by atoms with Crippen molar-refractivity contribution < 1.29 is 23.8 Å². The van der Waals surface area contributed by atoms with E-state index >= 15 is 4.39 Å². The second-order valence-corrected chi connectivity index (χ2v) is 8.35. The summed E-state index contributed by atoms with van der Waals surface area (Å²) in [6, 6.07) is 1.44. The van der Waals surface area contributed by atoms with Crippen LogP contribution in [0.3, 0.4) is 0 Å². The molecule has 2 aromatic rings. The minimum atomic E-state index is -1.05. The van der Waals surface area contributed by atoms with E-state index in [0.29, 0.717) is 30.8 Å². The van der Waals surface area contributed by atoms with Crippen molar-refractivity contribution in [3.63, 3.8) is 0 Å². The van der Waals surface area contributed by atoms with E-state index in [1.165, 1.54) is 19.4 Å². The first-order valence-electron chi connectivity index (χ1n) is 10.8. The highest BCUT2D eigenvalue weighted by Gasteiger charge is 2.32. The van der Waals surface area contributed by atoms with Gasteiger partial charge in [-0.05, 0) is 25.8 Å². The van der Waals surface area contributed by atoms with Gasteiger partial charge in [-0.3, -0.25) is 14.4 Å². The van der Waals surface area contributed by atoms with Gasteiger partial charge in [0, 0.05) is 44.5 Å². The van der Waals surface area contributed by atoms with Crippen LogP contribution in [0.15, 0.2) is 17.1 Å². The maximum absolute atomic E-state index is 15.4. The summed E-state index contributed by atoms with van der Waals surface area (Å²) in [7, 11) is 1.46. The largest absolute Gasteiger partial charge is 0.492 e. The van der Waals surface area contributed by atoms with Gasteiger partial charge in [0.25, 0.3) is 5.91 Å². The summed E-state index contributed by atoms with van der Waals surface area (Å²) in [6.07, 6.45) is 2.98. The molecule has 1 saturated heterocycles. The van der Waals surface area contributed by atoms with Crippen LogP contribution < -0.4 is 25.7 Å². The molecule has 1 aromatic carbocycles. The normalized spacial score (nSPS) is 18.6. The number of carboxylic acids is 1. The van der Waals surface area contributed by atoms with Crippen molar-refractivity contribution in [3.05, 3.63) is 33.9 Å². The maximum Gasteiger partial charge on any atom is 0.305 e. The first-order chi connectivity index (χ1) is 15.3. The Morgan fingerprint density at radius 1 is 1.38 bits per heavy atom. The summed E-state index contributed by atoms with van der Waals surface area (Å²) in [6.45, 7) is 3.81. The van der Waals surface area contributed by atoms with Gasteiger partial charge in [0.2, 0.25) is 5.43 Å². The van der Waals surface area contributed by atoms with Crippen molar-refractivity contribution in [2.45, 2.75) is 38.3 Å². The first kappa shape index (κ1) is 22.1. The maximum atomic E-state index is 15.4. The molecule has 0 spiro atoms. The molecule has 172 valence electrons. The molecule has 1 amide bonds. The van der Waals surface area contributed by atoms with Gasteiger partial charge in [-0.2, -0.15) is 0 Å². The zero-order valence-corrected chi connectivity index (χ0v) is 18.1. The number of nitrogens with one attached hydrogen (secondary N) is 2. The number of hydrogen-bond acceptors (Lipinski definition) is 6. The van der Waals surface area contributed by atoms with Crippen molar-refractivity contribution in [1.29, 1.82) is 0 Å². The number of methoxy groups -OCH3 is 1.